The van der Waals surface area contributed by atoms with Crippen molar-refractivity contribution in [2.75, 3.05) is 18.5 Å². The quantitative estimate of drug-likeness (QED) is 0.691. The van der Waals surface area contributed by atoms with E-state index in [1.54, 1.807) is 0 Å². The van der Waals surface area contributed by atoms with Crippen LogP contribution in [0.4, 0.5) is 14.9 Å². The van der Waals surface area contributed by atoms with Crippen molar-refractivity contribution in [2.24, 2.45) is 5.92 Å². The summed E-state index contributed by atoms with van der Waals surface area (Å²) in [7, 11) is 0. The van der Waals surface area contributed by atoms with Gasteiger partial charge in [0.1, 0.15) is 11.9 Å². The molecule has 0 aromatic heterocycles. The third kappa shape index (κ3) is 8.00. The van der Waals surface area contributed by atoms with Crippen molar-refractivity contribution in [3.8, 4) is 6.07 Å². The van der Waals surface area contributed by atoms with Crippen LogP contribution in [0.15, 0.2) is 12.1 Å². The maximum absolute atomic E-state index is 14.3. The lowest BCUT2D eigenvalue weighted by Gasteiger charge is -2.23. The normalized spacial score (nSPS) is 12.1. The summed E-state index contributed by atoms with van der Waals surface area (Å²) >= 11 is 0. The zero-order valence-electron chi connectivity index (χ0n) is 15.7. The zero-order chi connectivity index (χ0) is 19.2. The van der Waals surface area contributed by atoms with Gasteiger partial charge in [-0.2, -0.15) is 5.26 Å². The molecule has 0 saturated heterocycles. The number of benzene rings is 1. The van der Waals surface area contributed by atoms with E-state index in [4.69, 9.17) is 4.74 Å². The largest absolute Gasteiger partial charge is 0.449 e. The molecule has 0 fully saturated rings. The second-order valence-corrected chi connectivity index (χ2v) is 7.30. The molecule has 0 aliphatic rings. The molecule has 3 N–H and O–H groups in total. The standard InChI is InChI=1S/C18H26FN3O3.ClH/c1-11(2)10-25-17(24)22-16-13(8-20)6-12(7-14(16)19)15(23)9-21-18(3,4)5;/h6-7,11,15,21,23H,9-10H2,1-5H3,(H,22,24);1H. The smallest absolute Gasteiger partial charge is 0.411 e. The van der Waals surface area contributed by atoms with Crippen molar-refractivity contribution in [3.05, 3.63) is 29.1 Å². The molecule has 0 bridgehead atoms. The fourth-order valence-electron chi connectivity index (χ4n) is 1.94. The van der Waals surface area contributed by atoms with Gasteiger partial charge in [-0.3, -0.25) is 5.32 Å². The fraction of sp³-hybridized carbons (Fsp3) is 0.556. The number of hydrogen-bond acceptors (Lipinski definition) is 5. The monoisotopic (exact) mass is 387 g/mol. The number of nitriles is 1. The van der Waals surface area contributed by atoms with Gasteiger partial charge < -0.3 is 15.2 Å². The van der Waals surface area contributed by atoms with Crippen molar-refractivity contribution < 1.29 is 19.0 Å². The van der Waals surface area contributed by atoms with Gasteiger partial charge in [0.05, 0.1) is 24.0 Å². The van der Waals surface area contributed by atoms with Crippen LogP contribution in [-0.2, 0) is 4.74 Å². The Balaban J connectivity index is 0.00000625. The van der Waals surface area contributed by atoms with Crippen LogP contribution in [0.25, 0.3) is 0 Å². The van der Waals surface area contributed by atoms with Crippen LogP contribution in [0.2, 0.25) is 0 Å². The summed E-state index contributed by atoms with van der Waals surface area (Å²) in [6, 6.07) is 4.29. The molecule has 8 heteroatoms. The molecule has 0 spiro atoms. The summed E-state index contributed by atoms with van der Waals surface area (Å²) in [6.07, 6.45) is -1.81. The summed E-state index contributed by atoms with van der Waals surface area (Å²) in [5, 5.41) is 24.8. The number of β-amino-alcohol motifs (C(OH)–C–C–N with tert-alkyl or cyclic N) is 1. The molecule has 1 amide bonds. The maximum Gasteiger partial charge on any atom is 0.411 e. The van der Waals surface area contributed by atoms with Gasteiger partial charge >= 0.3 is 6.09 Å². The average Bonchev–Trinajstić information content (AvgIpc) is 2.51. The maximum atomic E-state index is 14.3. The molecule has 0 heterocycles. The van der Waals surface area contributed by atoms with Crippen molar-refractivity contribution in [2.45, 2.75) is 46.3 Å². The molecule has 0 radical (unpaired) electrons. The van der Waals surface area contributed by atoms with Gasteiger partial charge in [0.25, 0.3) is 0 Å². The number of halogens is 2. The van der Waals surface area contributed by atoms with Crippen LogP contribution in [0, 0.1) is 23.1 Å². The summed E-state index contributed by atoms with van der Waals surface area (Å²) in [5.74, 6) is -0.663. The van der Waals surface area contributed by atoms with Crippen molar-refractivity contribution in [3.63, 3.8) is 0 Å². The number of nitrogens with zero attached hydrogens (tertiary/aromatic N) is 1. The predicted octanol–water partition coefficient (Wildman–Crippen LogP) is 3.75. The number of hydrogen-bond donors (Lipinski definition) is 3. The van der Waals surface area contributed by atoms with E-state index < -0.39 is 18.0 Å². The Bertz CT molecular complexity index is 654. The van der Waals surface area contributed by atoms with E-state index in [0.29, 0.717) is 0 Å². The molecular weight excluding hydrogens is 361 g/mol. The molecular formula is C18H27ClFN3O3. The number of aliphatic hydroxyl groups excluding tert-OH is 1. The molecule has 1 atom stereocenters. The van der Waals surface area contributed by atoms with Crippen molar-refractivity contribution in [1.29, 1.82) is 5.26 Å². The van der Waals surface area contributed by atoms with Crippen LogP contribution in [0.1, 0.15) is 51.8 Å². The van der Waals surface area contributed by atoms with E-state index in [2.05, 4.69) is 10.6 Å². The summed E-state index contributed by atoms with van der Waals surface area (Å²) in [6.45, 7) is 9.96. The third-order valence-corrected chi connectivity index (χ3v) is 3.22. The number of carbonyl (C=O) groups is 1. The van der Waals surface area contributed by atoms with Crippen molar-refractivity contribution >= 4 is 24.2 Å². The minimum atomic E-state index is -0.984. The van der Waals surface area contributed by atoms with E-state index in [-0.39, 0.29) is 53.8 Å². The van der Waals surface area contributed by atoms with Gasteiger partial charge in [-0.15, -0.1) is 12.4 Å². The van der Waals surface area contributed by atoms with Gasteiger partial charge in [0.2, 0.25) is 0 Å². The van der Waals surface area contributed by atoms with E-state index in [9.17, 15) is 19.6 Å². The highest BCUT2D eigenvalue weighted by atomic mass is 35.5. The number of carbonyl (C=O) groups excluding carboxylic acids is 1. The molecule has 0 aliphatic carbocycles. The van der Waals surface area contributed by atoms with Gasteiger partial charge in [-0.1, -0.05) is 13.8 Å². The molecule has 1 aromatic rings. The molecule has 146 valence electrons. The SMILES string of the molecule is CC(C)COC(=O)Nc1c(F)cc(C(O)CNC(C)(C)C)cc1C#N.Cl. The number of anilines is 1. The van der Waals surface area contributed by atoms with E-state index in [0.717, 1.165) is 6.07 Å². The molecule has 1 unspecified atom stereocenters. The second kappa shape index (κ2) is 10.3. The molecule has 0 aliphatic heterocycles. The number of nitrogens with one attached hydrogen (secondary N) is 2. The van der Waals surface area contributed by atoms with Crippen molar-refractivity contribution in [1.82, 2.24) is 5.32 Å². The van der Waals surface area contributed by atoms with E-state index in [1.165, 1.54) is 6.07 Å². The Hall–Kier alpha value is -1.88. The molecule has 0 saturated carbocycles. The molecule has 1 rings (SSSR count). The molecule has 1 aromatic carbocycles. The first-order valence-electron chi connectivity index (χ1n) is 8.14. The van der Waals surface area contributed by atoms with Crippen LogP contribution < -0.4 is 10.6 Å². The predicted molar refractivity (Wildman–Crippen MR) is 101 cm³/mol. The van der Waals surface area contributed by atoms with Gasteiger partial charge in [0.15, 0.2) is 0 Å². The highest BCUT2D eigenvalue weighted by molar-refractivity contribution is 5.87. The lowest BCUT2D eigenvalue weighted by Crippen LogP contribution is -2.38. The average molecular weight is 388 g/mol. The van der Waals surface area contributed by atoms with Crippen LogP contribution in [0.5, 0.6) is 0 Å². The Morgan fingerprint density at radius 1 is 1.38 bits per heavy atom. The highest BCUT2D eigenvalue weighted by Crippen LogP contribution is 2.25. The van der Waals surface area contributed by atoms with Gasteiger partial charge in [0, 0.05) is 12.1 Å². The lowest BCUT2D eigenvalue weighted by atomic mass is 10.0. The van der Waals surface area contributed by atoms with Crippen LogP contribution >= 0.6 is 12.4 Å². The number of rotatable bonds is 6. The number of amides is 1. The minimum absolute atomic E-state index is 0. The Morgan fingerprint density at radius 2 is 2.00 bits per heavy atom. The topological polar surface area (TPSA) is 94.4 Å². The number of aliphatic hydroxyl groups is 1. The third-order valence-electron chi connectivity index (χ3n) is 3.22. The zero-order valence-corrected chi connectivity index (χ0v) is 16.5. The molecule has 26 heavy (non-hydrogen) atoms. The summed E-state index contributed by atoms with van der Waals surface area (Å²) < 4.78 is 19.3. The lowest BCUT2D eigenvalue weighted by molar-refractivity contribution is 0.147. The Morgan fingerprint density at radius 3 is 2.50 bits per heavy atom. The second-order valence-electron chi connectivity index (χ2n) is 7.30. The highest BCUT2D eigenvalue weighted by Gasteiger charge is 2.19. The van der Waals surface area contributed by atoms with Crippen LogP contribution in [0.3, 0.4) is 0 Å². The Kier molecular flexibility index (Phi) is 9.57. The van der Waals surface area contributed by atoms with Gasteiger partial charge in [-0.05, 0) is 44.4 Å². The fourth-order valence-corrected chi connectivity index (χ4v) is 1.94. The van der Waals surface area contributed by atoms with Crippen LogP contribution in [-0.4, -0.2) is 29.9 Å². The first-order valence-corrected chi connectivity index (χ1v) is 8.14. The first kappa shape index (κ1) is 24.1. The van der Waals surface area contributed by atoms with E-state index in [1.807, 2.05) is 40.7 Å². The first-order chi connectivity index (χ1) is 11.5. The summed E-state index contributed by atoms with van der Waals surface area (Å²) in [4.78, 5) is 11.7. The molecule has 6 nitrogen and oxygen atoms in total. The minimum Gasteiger partial charge on any atom is -0.449 e. The summed E-state index contributed by atoms with van der Waals surface area (Å²) in [5.41, 5.74) is -0.284. The Labute approximate surface area is 160 Å². The number of ether oxygens (including phenoxy) is 1. The van der Waals surface area contributed by atoms with Gasteiger partial charge in [-0.25, -0.2) is 9.18 Å². The van der Waals surface area contributed by atoms with E-state index >= 15 is 0 Å².